The van der Waals surface area contributed by atoms with Gasteiger partial charge < -0.3 is 9.88 Å². The molecule has 2 N–H and O–H groups in total. The van der Waals surface area contributed by atoms with E-state index in [1.165, 1.54) is 15.9 Å². The molecule has 4 aromatic rings. The standard InChI is InChI=1S/C24H23ClN4O2/c1-15-17(8-6-13-28-14-12-16-7-2-4-10-19(16)28)21-22(26-23(15)30)27-29(24(21)31)20-11-5-3-9-18(20)25/h2-5,7,9-11H,6,8,12-14H2,1H3,(H2,26,27,30). The number of nitrogens with one attached hydrogen (secondary N) is 2. The van der Waals surface area contributed by atoms with Crippen molar-refractivity contribution in [2.24, 2.45) is 0 Å². The van der Waals surface area contributed by atoms with E-state index in [0.717, 1.165) is 31.5 Å². The Morgan fingerprint density at radius 3 is 2.58 bits per heavy atom. The lowest BCUT2D eigenvalue weighted by Gasteiger charge is -2.19. The Labute approximate surface area is 184 Å². The lowest BCUT2D eigenvalue weighted by atomic mass is 10.0. The van der Waals surface area contributed by atoms with Gasteiger partial charge in [0.25, 0.3) is 11.1 Å². The number of H-pyrrole nitrogens is 2. The molecule has 0 unspecified atom stereocenters. The van der Waals surface area contributed by atoms with Crippen molar-refractivity contribution >= 4 is 28.3 Å². The first-order valence-electron chi connectivity index (χ1n) is 10.5. The molecule has 0 amide bonds. The fourth-order valence-electron chi connectivity index (χ4n) is 4.54. The summed E-state index contributed by atoms with van der Waals surface area (Å²) >= 11 is 6.30. The number of aromatic amines is 2. The van der Waals surface area contributed by atoms with Gasteiger partial charge in [-0.1, -0.05) is 41.9 Å². The minimum atomic E-state index is -0.205. The Balaban J connectivity index is 1.49. The van der Waals surface area contributed by atoms with Gasteiger partial charge in [0.15, 0.2) is 0 Å². The summed E-state index contributed by atoms with van der Waals surface area (Å²) in [6.07, 6.45) is 2.57. The van der Waals surface area contributed by atoms with Crippen LogP contribution < -0.4 is 16.0 Å². The Morgan fingerprint density at radius 1 is 1.03 bits per heavy atom. The molecule has 0 atom stereocenters. The van der Waals surface area contributed by atoms with Gasteiger partial charge in [0, 0.05) is 24.3 Å². The maximum Gasteiger partial charge on any atom is 0.281 e. The summed E-state index contributed by atoms with van der Waals surface area (Å²) in [4.78, 5) is 31.0. The Hall–Kier alpha value is -3.25. The third kappa shape index (κ3) is 3.37. The number of para-hydroxylation sites is 2. The first-order chi connectivity index (χ1) is 15.0. The van der Waals surface area contributed by atoms with Crippen LogP contribution in [0.3, 0.4) is 0 Å². The van der Waals surface area contributed by atoms with Crippen molar-refractivity contribution in [1.29, 1.82) is 0 Å². The Morgan fingerprint density at radius 2 is 1.77 bits per heavy atom. The maximum absolute atomic E-state index is 13.3. The highest BCUT2D eigenvalue weighted by Crippen LogP contribution is 2.28. The van der Waals surface area contributed by atoms with Crippen LogP contribution in [0.25, 0.3) is 16.7 Å². The third-order valence-electron chi connectivity index (χ3n) is 6.16. The van der Waals surface area contributed by atoms with E-state index in [9.17, 15) is 9.59 Å². The van der Waals surface area contributed by atoms with E-state index in [4.69, 9.17) is 11.6 Å². The van der Waals surface area contributed by atoms with E-state index in [2.05, 4.69) is 39.2 Å². The van der Waals surface area contributed by atoms with E-state index in [1.807, 2.05) is 12.1 Å². The fourth-order valence-corrected chi connectivity index (χ4v) is 4.76. The second-order valence-corrected chi connectivity index (χ2v) is 8.39. The molecule has 0 saturated carbocycles. The predicted octanol–water partition coefficient (Wildman–Crippen LogP) is 3.96. The van der Waals surface area contributed by atoms with Crippen molar-refractivity contribution in [3.63, 3.8) is 0 Å². The van der Waals surface area contributed by atoms with Crippen molar-refractivity contribution < 1.29 is 0 Å². The average molecular weight is 435 g/mol. The van der Waals surface area contributed by atoms with E-state index in [1.54, 1.807) is 19.1 Å². The molecule has 0 spiro atoms. The van der Waals surface area contributed by atoms with E-state index < -0.39 is 0 Å². The summed E-state index contributed by atoms with van der Waals surface area (Å²) in [7, 11) is 0. The monoisotopic (exact) mass is 434 g/mol. The van der Waals surface area contributed by atoms with Gasteiger partial charge in [-0.25, -0.2) is 4.68 Å². The molecule has 2 aromatic carbocycles. The van der Waals surface area contributed by atoms with Crippen LogP contribution in [-0.2, 0) is 12.8 Å². The highest BCUT2D eigenvalue weighted by molar-refractivity contribution is 6.32. The van der Waals surface area contributed by atoms with Crippen LogP contribution >= 0.6 is 11.6 Å². The Kier molecular flexibility index (Phi) is 4.94. The molecule has 0 aliphatic carbocycles. The van der Waals surface area contributed by atoms with Gasteiger partial charge in [-0.2, -0.15) is 0 Å². The second kappa shape index (κ2) is 7.78. The van der Waals surface area contributed by atoms with Crippen molar-refractivity contribution in [3.05, 3.63) is 91.0 Å². The molecule has 2 aromatic heterocycles. The lowest BCUT2D eigenvalue weighted by molar-refractivity contribution is 0.750. The van der Waals surface area contributed by atoms with Crippen LogP contribution in [0.4, 0.5) is 5.69 Å². The molecule has 0 bridgehead atoms. The summed E-state index contributed by atoms with van der Waals surface area (Å²) in [6.45, 7) is 3.67. The number of benzene rings is 2. The number of hydrogen-bond acceptors (Lipinski definition) is 3. The molecule has 3 heterocycles. The first kappa shape index (κ1) is 19.7. The number of halogens is 1. The normalized spacial score (nSPS) is 13.2. The molecule has 31 heavy (non-hydrogen) atoms. The van der Waals surface area contributed by atoms with Gasteiger partial charge in [0.1, 0.15) is 5.65 Å². The predicted molar refractivity (Wildman–Crippen MR) is 125 cm³/mol. The van der Waals surface area contributed by atoms with Gasteiger partial charge in [-0.05, 0) is 55.5 Å². The summed E-state index contributed by atoms with van der Waals surface area (Å²) in [5.41, 5.74) is 4.68. The minimum absolute atomic E-state index is 0.179. The fraction of sp³-hybridized carbons (Fsp3) is 0.250. The Bertz CT molecular complexity index is 1400. The van der Waals surface area contributed by atoms with Crippen LogP contribution in [0.15, 0.2) is 58.1 Å². The smallest absolute Gasteiger partial charge is 0.281 e. The maximum atomic E-state index is 13.3. The van der Waals surface area contributed by atoms with Gasteiger partial charge in [0.2, 0.25) is 0 Å². The molecule has 5 rings (SSSR count). The highest BCUT2D eigenvalue weighted by atomic mass is 35.5. The zero-order valence-electron chi connectivity index (χ0n) is 17.2. The molecule has 0 radical (unpaired) electrons. The third-order valence-corrected chi connectivity index (χ3v) is 6.48. The average Bonchev–Trinajstić information content (AvgIpc) is 3.32. The minimum Gasteiger partial charge on any atom is -0.371 e. The number of pyridine rings is 1. The number of nitrogens with zero attached hydrogens (tertiary/aromatic N) is 2. The van der Waals surface area contributed by atoms with Crippen molar-refractivity contribution in [1.82, 2.24) is 14.8 Å². The molecule has 1 aliphatic heterocycles. The molecule has 0 fully saturated rings. The second-order valence-electron chi connectivity index (χ2n) is 7.98. The molecular weight excluding hydrogens is 412 g/mol. The van der Waals surface area contributed by atoms with E-state index in [-0.39, 0.29) is 11.1 Å². The lowest BCUT2D eigenvalue weighted by Crippen LogP contribution is -2.23. The van der Waals surface area contributed by atoms with Gasteiger partial charge in [-0.3, -0.25) is 14.7 Å². The van der Waals surface area contributed by atoms with E-state index >= 15 is 0 Å². The first-order valence-corrected chi connectivity index (χ1v) is 10.9. The summed E-state index contributed by atoms with van der Waals surface area (Å²) in [5, 5.41) is 4.02. The number of anilines is 1. The molecule has 158 valence electrons. The van der Waals surface area contributed by atoms with E-state index in [0.29, 0.717) is 33.7 Å². The van der Waals surface area contributed by atoms with Crippen molar-refractivity contribution in [2.75, 3.05) is 18.0 Å². The quantitative estimate of drug-likeness (QED) is 0.499. The number of aryl methyl sites for hydroxylation is 1. The SMILES string of the molecule is Cc1c(CCCN2CCc3ccccc32)c2c(=O)n(-c3ccccc3Cl)[nH]c2[nH]c1=O. The van der Waals surface area contributed by atoms with Crippen LogP contribution in [0, 0.1) is 6.92 Å². The largest absolute Gasteiger partial charge is 0.371 e. The molecular formula is C24H23ClN4O2. The van der Waals surface area contributed by atoms with Gasteiger partial charge in [0.05, 0.1) is 16.1 Å². The number of fused-ring (bicyclic) bond motifs is 2. The molecule has 1 aliphatic rings. The molecule has 0 saturated heterocycles. The van der Waals surface area contributed by atoms with Crippen molar-refractivity contribution in [2.45, 2.75) is 26.2 Å². The number of hydrogen-bond donors (Lipinski definition) is 2. The van der Waals surface area contributed by atoms with Crippen LogP contribution in [0.2, 0.25) is 5.02 Å². The topological polar surface area (TPSA) is 73.9 Å². The van der Waals surface area contributed by atoms with Crippen LogP contribution in [0.1, 0.15) is 23.1 Å². The van der Waals surface area contributed by atoms with Crippen LogP contribution in [0.5, 0.6) is 0 Å². The number of rotatable bonds is 5. The molecule has 6 nitrogen and oxygen atoms in total. The molecule has 7 heteroatoms. The van der Waals surface area contributed by atoms with Crippen molar-refractivity contribution in [3.8, 4) is 5.69 Å². The zero-order valence-corrected chi connectivity index (χ0v) is 18.0. The number of aromatic nitrogens is 3. The van der Waals surface area contributed by atoms with Crippen LogP contribution in [-0.4, -0.2) is 27.9 Å². The zero-order chi connectivity index (χ0) is 21.5. The highest BCUT2D eigenvalue weighted by Gasteiger charge is 2.20. The summed E-state index contributed by atoms with van der Waals surface area (Å²) < 4.78 is 1.41. The van der Waals surface area contributed by atoms with Gasteiger partial charge >= 0.3 is 0 Å². The summed E-state index contributed by atoms with van der Waals surface area (Å²) in [6, 6.07) is 15.6. The van der Waals surface area contributed by atoms with Gasteiger partial charge in [-0.15, -0.1) is 0 Å². The summed E-state index contributed by atoms with van der Waals surface area (Å²) in [5.74, 6) is 0.